The van der Waals surface area contributed by atoms with Crippen LogP contribution in [-0.2, 0) is 16.1 Å². The highest BCUT2D eigenvalue weighted by Crippen LogP contribution is 2.26. The Morgan fingerprint density at radius 2 is 1.53 bits per heavy atom. The van der Waals surface area contributed by atoms with Crippen LogP contribution >= 0.6 is 11.6 Å². The van der Waals surface area contributed by atoms with Gasteiger partial charge in [-0.25, -0.2) is 8.78 Å². The average molecular weight is 513 g/mol. The van der Waals surface area contributed by atoms with Gasteiger partial charge in [0, 0.05) is 43.3 Å². The summed E-state index contributed by atoms with van der Waals surface area (Å²) < 4.78 is 34.4. The largest absolute Gasteiger partial charge is 0.367 e. The highest BCUT2D eigenvalue weighted by atomic mass is 35.5. The van der Waals surface area contributed by atoms with E-state index in [-0.39, 0.29) is 24.0 Å². The molecule has 3 aromatic carbocycles. The molecule has 0 spiro atoms. The number of piperazine rings is 1. The van der Waals surface area contributed by atoms with Gasteiger partial charge in [-0.1, -0.05) is 67.1 Å². The molecule has 0 aromatic heterocycles. The van der Waals surface area contributed by atoms with Crippen molar-refractivity contribution in [3.63, 3.8) is 0 Å². The van der Waals surface area contributed by atoms with Crippen LogP contribution in [0.1, 0.15) is 42.1 Å². The molecule has 4 rings (SSSR count). The lowest BCUT2D eigenvalue weighted by molar-refractivity contribution is -0.135. The van der Waals surface area contributed by atoms with Crippen LogP contribution < -0.4 is 0 Å². The number of benzene rings is 3. The predicted octanol–water partition coefficient (Wildman–Crippen LogP) is 6.21. The maximum atomic E-state index is 14.2. The van der Waals surface area contributed by atoms with Gasteiger partial charge in [-0.2, -0.15) is 0 Å². The topological polar surface area (TPSA) is 32.8 Å². The van der Waals surface area contributed by atoms with Gasteiger partial charge in [-0.15, -0.1) is 0 Å². The highest BCUT2D eigenvalue weighted by Gasteiger charge is 2.29. The molecule has 1 aliphatic rings. The van der Waals surface area contributed by atoms with Gasteiger partial charge in [0.05, 0.1) is 18.6 Å². The molecular weight excluding hydrogens is 482 g/mol. The summed E-state index contributed by atoms with van der Waals surface area (Å²) in [5, 5.41) is 0.605. The van der Waals surface area contributed by atoms with E-state index in [4.69, 9.17) is 16.3 Å². The Balaban J connectivity index is 1.40. The zero-order chi connectivity index (χ0) is 25.5. The summed E-state index contributed by atoms with van der Waals surface area (Å²) in [6.45, 7) is 5.03. The maximum Gasteiger partial charge on any atom is 0.230 e. The van der Waals surface area contributed by atoms with E-state index in [1.165, 1.54) is 18.2 Å². The van der Waals surface area contributed by atoms with Gasteiger partial charge >= 0.3 is 0 Å². The Bertz CT molecular complexity index is 1120. The Kier molecular flexibility index (Phi) is 9.08. The molecule has 1 heterocycles. The van der Waals surface area contributed by atoms with E-state index in [1.807, 2.05) is 54.3 Å². The Hall–Kier alpha value is -2.80. The lowest BCUT2D eigenvalue weighted by Gasteiger charge is -2.38. The summed E-state index contributed by atoms with van der Waals surface area (Å²) in [5.41, 5.74) is 1.84. The third kappa shape index (κ3) is 6.49. The second-order valence-corrected chi connectivity index (χ2v) is 9.49. The molecule has 0 N–H and O–H groups in total. The molecule has 1 saturated heterocycles. The summed E-state index contributed by atoms with van der Waals surface area (Å²) in [7, 11) is 0. The molecule has 0 bridgehead atoms. The summed E-state index contributed by atoms with van der Waals surface area (Å²) in [6.07, 6.45) is 0.346. The summed E-state index contributed by atoms with van der Waals surface area (Å²) >= 11 is 6.06. The molecule has 2 atom stereocenters. The molecule has 3 aromatic rings. The van der Waals surface area contributed by atoms with Crippen molar-refractivity contribution in [1.82, 2.24) is 9.80 Å². The number of carbonyl (C=O) groups excluding carboxylic acids is 1. The number of rotatable bonds is 9. The first-order valence-electron chi connectivity index (χ1n) is 12.3. The fourth-order valence-electron chi connectivity index (χ4n) is 4.63. The third-order valence-electron chi connectivity index (χ3n) is 6.75. The predicted molar refractivity (Wildman–Crippen MR) is 138 cm³/mol. The number of carbonyl (C=O) groups is 1. The van der Waals surface area contributed by atoms with Crippen molar-refractivity contribution >= 4 is 17.5 Å². The van der Waals surface area contributed by atoms with Crippen molar-refractivity contribution in [3.8, 4) is 0 Å². The molecule has 0 aliphatic carbocycles. The van der Waals surface area contributed by atoms with Gasteiger partial charge in [-0.05, 0) is 41.8 Å². The highest BCUT2D eigenvalue weighted by molar-refractivity contribution is 6.30. The van der Waals surface area contributed by atoms with E-state index >= 15 is 0 Å². The van der Waals surface area contributed by atoms with Crippen molar-refractivity contribution in [2.24, 2.45) is 0 Å². The van der Waals surface area contributed by atoms with E-state index in [0.717, 1.165) is 17.5 Å². The number of hydrogen-bond acceptors (Lipinski definition) is 3. The Morgan fingerprint density at radius 3 is 2.14 bits per heavy atom. The molecule has 4 nitrogen and oxygen atoms in total. The van der Waals surface area contributed by atoms with E-state index in [9.17, 15) is 13.6 Å². The number of nitrogens with zero attached hydrogens (tertiary/aromatic N) is 2. The molecule has 36 heavy (non-hydrogen) atoms. The monoisotopic (exact) mass is 512 g/mol. The number of halogens is 3. The van der Waals surface area contributed by atoms with E-state index in [2.05, 4.69) is 4.90 Å². The smallest absolute Gasteiger partial charge is 0.230 e. The van der Waals surface area contributed by atoms with Crippen molar-refractivity contribution in [3.05, 3.63) is 106 Å². The van der Waals surface area contributed by atoms with Crippen LogP contribution in [0.3, 0.4) is 0 Å². The van der Waals surface area contributed by atoms with Gasteiger partial charge in [0.2, 0.25) is 5.91 Å². The zero-order valence-electron chi connectivity index (χ0n) is 20.4. The normalized spacial score (nSPS) is 16.1. The molecule has 2 unspecified atom stereocenters. The first kappa shape index (κ1) is 26.3. The SMILES string of the molecule is CCC(C(=O)N1CCN(CC(OCc2c(F)cccc2F)c2ccc(Cl)cc2)CC1)c1ccccc1. The average Bonchev–Trinajstić information content (AvgIpc) is 2.89. The quantitative estimate of drug-likeness (QED) is 0.341. The lowest BCUT2D eigenvalue weighted by Crippen LogP contribution is -2.50. The minimum Gasteiger partial charge on any atom is -0.367 e. The van der Waals surface area contributed by atoms with E-state index in [0.29, 0.717) is 37.7 Å². The fraction of sp³-hybridized carbons (Fsp3) is 0.345. The molecule has 0 saturated carbocycles. The van der Waals surface area contributed by atoms with E-state index < -0.39 is 17.7 Å². The molecule has 7 heteroatoms. The van der Waals surface area contributed by atoms with Gasteiger partial charge in [0.15, 0.2) is 0 Å². The Labute approximate surface area is 216 Å². The van der Waals surface area contributed by atoms with Gasteiger partial charge in [0.1, 0.15) is 11.6 Å². The van der Waals surface area contributed by atoms with Crippen molar-refractivity contribution in [2.45, 2.75) is 32.0 Å². The van der Waals surface area contributed by atoms with Crippen LogP contribution in [0.4, 0.5) is 8.78 Å². The van der Waals surface area contributed by atoms with Crippen molar-refractivity contribution in [1.29, 1.82) is 0 Å². The molecule has 1 fully saturated rings. The van der Waals surface area contributed by atoms with Crippen molar-refractivity contribution < 1.29 is 18.3 Å². The van der Waals surface area contributed by atoms with Crippen LogP contribution in [0.15, 0.2) is 72.8 Å². The minimum atomic E-state index is -0.624. The summed E-state index contributed by atoms with van der Waals surface area (Å²) in [5.74, 6) is -1.23. The molecule has 1 amide bonds. The number of amides is 1. The second kappa shape index (κ2) is 12.4. The molecular formula is C29H31ClF2N2O2. The van der Waals surface area contributed by atoms with E-state index in [1.54, 1.807) is 12.1 Å². The van der Waals surface area contributed by atoms with Crippen LogP contribution in [0.5, 0.6) is 0 Å². The van der Waals surface area contributed by atoms with Gasteiger partial charge < -0.3 is 9.64 Å². The van der Waals surface area contributed by atoms with Crippen molar-refractivity contribution in [2.75, 3.05) is 32.7 Å². The first-order valence-corrected chi connectivity index (χ1v) is 12.7. The minimum absolute atomic E-state index is 0.0848. The van der Waals surface area contributed by atoms with Gasteiger partial charge in [0.25, 0.3) is 0 Å². The molecule has 1 aliphatic heterocycles. The number of hydrogen-bond donors (Lipinski definition) is 0. The van der Waals surface area contributed by atoms with Crippen LogP contribution in [0, 0.1) is 11.6 Å². The van der Waals surface area contributed by atoms with Crippen LogP contribution in [-0.4, -0.2) is 48.4 Å². The van der Waals surface area contributed by atoms with Crippen LogP contribution in [0.25, 0.3) is 0 Å². The zero-order valence-corrected chi connectivity index (χ0v) is 21.1. The second-order valence-electron chi connectivity index (χ2n) is 9.05. The Morgan fingerprint density at radius 1 is 0.889 bits per heavy atom. The third-order valence-corrected chi connectivity index (χ3v) is 7.00. The summed E-state index contributed by atoms with van der Waals surface area (Å²) in [6, 6.07) is 21.0. The summed E-state index contributed by atoms with van der Waals surface area (Å²) in [4.78, 5) is 17.4. The van der Waals surface area contributed by atoms with Gasteiger partial charge in [-0.3, -0.25) is 9.69 Å². The van der Waals surface area contributed by atoms with Crippen LogP contribution in [0.2, 0.25) is 5.02 Å². The maximum absolute atomic E-state index is 14.2. The standard InChI is InChI=1S/C29H31ClF2N2O2/c1-2-24(21-7-4-3-5-8-21)29(35)34-17-15-33(16-18-34)19-28(22-11-13-23(30)14-12-22)36-20-25-26(31)9-6-10-27(25)32/h3-14,24,28H,2,15-20H2,1H3. The fourth-order valence-corrected chi connectivity index (χ4v) is 4.76. The molecule has 190 valence electrons. The first-order chi connectivity index (χ1) is 17.5. The lowest BCUT2D eigenvalue weighted by atomic mass is 9.95. The molecule has 0 radical (unpaired) electrons. The number of ether oxygens (including phenoxy) is 1.